The van der Waals surface area contributed by atoms with Crippen molar-refractivity contribution in [3.8, 4) is 5.75 Å². The first-order valence-electron chi connectivity index (χ1n) is 8.15. The second-order valence-corrected chi connectivity index (χ2v) is 6.48. The van der Waals surface area contributed by atoms with Gasteiger partial charge < -0.3 is 14.2 Å². The number of esters is 2. The van der Waals surface area contributed by atoms with Gasteiger partial charge in [-0.3, -0.25) is 14.4 Å². The Balaban J connectivity index is 2.55. The van der Waals surface area contributed by atoms with Gasteiger partial charge in [0.1, 0.15) is 17.6 Å². The lowest BCUT2D eigenvalue weighted by Gasteiger charge is -2.16. The molecule has 0 saturated heterocycles. The molecule has 2 rings (SSSR count). The molecular formula is C18H21BrO6. The van der Waals surface area contributed by atoms with E-state index in [4.69, 9.17) is 14.2 Å². The van der Waals surface area contributed by atoms with E-state index in [-0.39, 0.29) is 26.1 Å². The number of fused-ring (bicyclic) bond motifs is 1. The molecule has 136 valence electrons. The molecule has 6 nitrogen and oxygen atoms in total. The molecule has 2 atom stereocenters. The number of rotatable bonds is 5. The van der Waals surface area contributed by atoms with Crippen molar-refractivity contribution in [2.75, 3.05) is 20.3 Å². The van der Waals surface area contributed by atoms with Gasteiger partial charge >= 0.3 is 11.9 Å². The summed E-state index contributed by atoms with van der Waals surface area (Å²) >= 11 is 3.47. The molecule has 0 bridgehead atoms. The van der Waals surface area contributed by atoms with Crippen molar-refractivity contribution in [2.24, 2.45) is 11.8 Å². The van der Waals surface area contributed by atoms with Gasteiger partial charge in [0.05, 0.1) is 20.3 Å². The second-order valence-electron chi connectivity index (χ2n) is 5.63. The Labute approximate surface area is 154 Å². The first kappa shape index (κ1) is 19.4. The fourth-order valence-corrected chi connectivity index (χ4v) is 3.55. The van der Waals surface area contributed by atoms with Crippen molar-refractivity contribution in [2.45, 2.75) is 26.7 Å². The van der Waals surface area contributed by atoms with Crippen LogP contribution in [0, 0.1) is 11.8 Å². The van der Waals surface area contributed by atoms with Crippen LogP contribution in [0.25, 0.3) is 0 Å². The Morgan fingerprint density at radius 2 is 1.56 bits per heavy atom. The molecule has 25 heavy (non-hydrogen) atoms. The van der Waals surface area contributed by atoms with Gasteiger partial charge in [-0.15, -0.1) is 0 Å². The predicted molar refractivity (Wildman–Crippen MR) is 93.4 cm³/mol. The summed E-state index contributed by atoms with van der Waals surface area (Å²) in [5, 5.41) is 0. The Morgan fingerprint density at radius 3 is 2.04 bits per heavy atom. The maximum atomic E-state index is 12.9. The van der Waals surface area contributed by atoms with Gasteiger partial charge in [0.2, 0.25) is 0 Å². The van der Waals surface area contributed by atoms with Gasteiger partial charge in [-0.25, -0.2) is 0 Å². The molecule has 0 unspecified atom stereocenters. The van der Waals surface area contributed by atoms with E-state index >= 15 is 0 Å². The van der Waals surface area contributed by atoms with Gasteiger partial charge in [0.25, 0.3) is 0 Å². The highest BCUT2D eigenvalue weighted by Crippen LogP contribution is 2.37. The monoisotopic (exact) mass is 412 g/mol. The van der Waals surface area contributed by atoms with E-state index in [2.05, 4.69) is 15.9 Å². The zero-order valence-corrected chi connectivity index (χ0v) is 16.1. The average molecular weight is 413 g/mol. The smallest absolute Gasteiger partial charge is 0.316 e. The number of hydrogen-bond acceptors (Lipinski definition) is 6. The molecule has 0 aromatic heterocycles. The lowest BCUT2D eigenvalue weighted by molar-refractivity contribution is -0.157. The summed E-state index contributed by atoms with van der Waals surface area (Å²) in [7, 11) is 1.53. The maximum Gasteiger partial charge on any atom is 0.316 e. The summed E-state index contributed by atoms with van der Waals surface area (Å²) in [6.45, 7) is 3.68. The van der Waals surface area contributed by atoms with Crippen LogP contribution in [0.2, 0.25) is 0 Å². The van der Waals surface area contributed by atoms with Gasteiger partial charge in [-0.1, -0.05) is 15.9 Å². The van der Waals surface area contributed by atoms with Crippen molar-refractivity contribution in [1.82, 2.24) is 0 Å². The number of ketones is 1. The fourth-order valence-electron chi connectivity index (χ4n) is 3.02. The number of halogens is 1. The molecular weight excluding hydrogens is 392 g/mol. The lowest BCUT2D eigenvalue weighted by Crippen LogP contribution is -2.36. The second kappa shape index (κ2) is 8.47. The van der Waals surface area contributed by atoms with Crippen molar-refractivity contribution in [1.29, 1.82) is 0 Å². The highest BCUT2D eigenvalue weighted by Gasteiger charge is 2.42. The first-order valence-corrected chi connectivity index (χ1v) is 8.95. The summed E-state index contributed by atoms with van der Waals surface area (Å²) in [5.74, 6) is -3.24. The summed E-state index contributed by atoms with van der Waals surface area (Å²) in [5.41, 5.74) is 1.51. The Bertz CT molecular complexity index is 684. The number of carbonyl (C=O) groups excluding carboxylic acids is 3. The fraction of sp³-hybridized carbons (Fsp3) is 0.500. The van der Waals surface area contributed by atoms with Gasteiger partial charge in [0.15, 0.2) is 5.78 Å². The maximum absolute atomic E-state index is 12.9. The molecule has 1 aliphatic carbocycles. The Hall–Kier alpha value is -1.89. The molecule has 0 radical (unpaired) electrons. The Morgan fingerprint density at radius 1 is 1.04 bits per heavy atom. The number of benzene rings is 1. The van der Waals surface area contributed by atoms with Crippen molar-refractivity contribution in [3.05, 3.63) is 27.7 Å². The third-order valence-electron chi connectivity index (χ3n) is 4.20. The van der Waals surface area contributed by atoms with Crippen LogP contribution in [0.1, 0.15) is 25.0 Å². The van der Waals surface area contributed by atoms with Crippen LogP contribution < -0.4 is 4.74 Å². The van der Waals surface area contributed by atoms with Gasteiger partial charge in [-0.2, -0.15) is 0 Å². The summed E-state index contributed by atoms with van der Waals surface area (Å²) in [4.78, 5) is 37.6. The number of carbonyl (C=O) groups is 3. The first-order chi connectivity index (χ1) is 11.9. The van der Waals surface area contributed by atoms with Gasteiger partial charge in [-0.05, 0) is 49.9 Å². The molecule has 7 heteroatoms. The van der Waals surface area contributed by atoms with E-state index in [0.717, 1.165) is 15.6 Å². The molecule has 0 aliphatic heterocycles. The zero-order chi connectivity index (χ0) is 18.6. The molecule has 0 N–H and O–H groups in total. The van der Waals surface area contributed by atoms with E-state index in [9.17, 15) is 14.4 Å². The third kappa shape index (κ3) is 4.03. The molecule has 1 aliphatic rings. The molecule has 0 spiro atoms. The molecule has 0 heterocycles. The van der Waals surface area contributed by atoms with Crippen molar-refractivity contribution >= 4 is 33.7 Å². The minimum absolute atomic E-state index is 0.130. The topological polar surface area (TPSA) is 78.9 Å². The summed E-state index contributed by atoms with van der Waals surface area (Å²) in [6.07, 6.45) is 0.284. The zero-order valence-electron chi connectivity index (χ0n) is 14.5. The van der Waals surface area contributed by atoms with E-state index in [1.807, 2.05) is 0 Å². The standard InChI is InChI=1S/C18H21BrO6/c1-4-24-17(21)12-8-10-11(15(23-3)7-6-14(10)19)9-13(16(12)20)18(22)25-5-2/h6-7,12-13H,4-5,8-9H2,1-3H3/t12-,13-/m0/s1. The van der Waals surface area contributed by atoms with Gasteiger partial charge in [0, 0.05) is 4.47 Å². The van der Waals surface area contributed by atoms with Crippen LogP contribution in [0.15, 0.2) is 16.6 Å². The molecule has 0 saturated carbocycles. The third-order valence-corrected chi connectivity index (χ3v) is 4.94. The van der Waals surface area contributed by atoms with Crippen LogP contribution in [-0.2, 0) is 36.7 Å². The van der Waals surface area contributed by atoms with E-state index in [1.165, 1.54) is 7.11 Å². The molecule has 0 amide bonds. The SMILES string of the molecule is CCOC(=O)[C@H]1Cc2c(Br)ccc(OC)c2C[C@H](C(=O)OCC)C1=O. The number of ether oxygens (including phenoxy) is 3. The minimum atomic E-state index is -1.06. The summed E-state index contributed by atoms with van der Waals surface area (Å²) in [6, 6.07) is 3.56. The average Bonchev–Trinajstić information content (AvgIpc) is 2.74. The number of methoxy groups -OCH3 is 1. The molecule has 0 fully saturated rings. The van der Waals surface area contributed by atoms with E-state index < -0.39 is 29.6 Å². The Kier molecular flexibility index (Phi) is 6.58. The highest BCUT2D eigenvalue weighted by atomic mass is 79.9. The van der Waals surface area contributed by atoms with Crippen LogP contribution >= 0.6 is 15.9 Å². The number of hydrogen-bond donors (Lipinski definition) is 0. The normalized spacial score (nSPS) is 19.6. The lowest BCUT2D eigenvalue weighted by atomic mass is 9.90. The molecule has 1 aromatic carbocycles. The predicted octanol–water partition coefficient (Wildman–Crippen LogP) is 2.48. The largest absolute Gasteiger partial charge is 0.496 e. The summed E-state index contributed by atoms with van der Waals surface area (Å²) < 4.78 is 16.2. The van der Waals surface area contributed by atoms with Crippen LogP contribution in [0.3, 0.4) is 0 Å². The molecule has 1 aromatic rings. The minimum Gasteiger partial charge on any atom is -0.496 e. The van der Waals surface area contributed by atoms with Crippen molar-refractivity contribution in [3.63, 3.8) is 0 Å². The quantitative estimate of drug-likeness (QED) is 0.419. The van der Waals surface area contributed by atoms with Crippen LogP contribution in [0.4, 0.5) is 0 Å². The van der Waals surface area contributed by atoms with Crippen LogP contribution in [-0.4, -0.2) is 38.0 Å². The van der Waals surface area contributed by atoms with E-state index in [0.29, 0.717) is 5.75 Å². The van der Waals surface area contributed by atoms with Crippen LogP contribution in [0.5, 0.6) is 5.75 Å². The number of Topliss-reactive ketones (excluding diaryl/α,β-unsaturated/α-hetero) is 1. The highest BCUT2D eigenvalue weighted by molar-refractivity contribution is 9.10. The van der Waals surface area contributed by atoms with E-state index in [1.54, 1.807) is 26.0 Å². The van der Waals surface area contributed by atoms with Crippen molar-refractivity contribution < 1.29 is 28.6 Å².